The summed E-state index contributed by atoms with van der Waals surface area (Å²) in [5.41, 5.74) is -0.285. The largest absolute Gasteiger partial charge is 0.276 e. The third-order valence-corrected chi connectivity index (χ3v) is 3.40. The van der Waals surface area contributed by atoms with Crippen LogP contribution in [0.5, 0.6) is 0 Å². The Morgan fingerprint density at radius 2 is 2.06 bits per heavy atom. The number of rotatable bonds is 2. The number of fused-ring (bicyclic) bond motifs is 1. The second-order valence-electron chi connectivity index (χ2n) is 3.09. The maximum atomic E-state index is 12.5. The highest BCUT2D eigenvalue weighted by Crippen LogP contribution is 2.30. The lowest BCUT2D eigenvalue weighted by Gasteiger charge is -2.03. The Balaban J connectivity index is 2.84. The lowest BCUT2D eigenvalue weighted by molar-refractivity contribution is 0.151. The van der Waals surface area contributed by atoms with Gasteiger partial charge in [-0.25, -0.2) is 17.2 Å². The summed E-state index contributed by atoms with van der Waals surface area (Å²) >= 11 is 0. The molecule has 0 atom stereocenters. The first-order valence-electron chi connectivity index (χ1n) is 4.09. The Hall–Kier alpha value is -1.21. The van der Waals surface area contributed by atoms with Crippen molar-refractivity contribution in [2.24, 2.45) is 0 Å². The van der Waals surface area contributed by atoms with E-state index in [1.54, 1.807) is 0 Å². The van der Waals surface area contributed by atoms with Gasteiger partial charge in [0.25, 0.3) is 15.5 Å². The van der Waals surface area contributed by atoms with Gasteiger partial charge in [-0.1, -0.05) is 0 Å². The molecule has 2 rings (SSSR count). The van der Waals surface area contributed by atoms with E-state index in [-0.39, 0.29) is 15.8 Å². The van der Waals surface area contributed by atoms with Crippen LogP contribution in [-0.2, 0) is 9.05 Å². The van der Waals surface area contributed by atoms with Gasteiger partial charge >= 0.3 is 0 Å². The van der Waals surface area contributed by atoms with Gasteiger partial charge in [0.15, 0.2) is 0 Å². The molecule has 0 aliphatic carbocycles. The lowest BCUT2D eigenvalue weighted by atomic mass is 10.2. The summed E-state index contributed by atoms with van der Waals surface area (Å²) in [7, 11) is 1.06. The molecule has 1 aromatic heterocycles. The number of hydrogen-bond donors (Lipinski definition) is 1. The van der Waals surface area contributed by atoms with Crippen LogP contribution in [0, 0.1) is 0 Å². The van der Waals surface area contributed by atoms with Crippen LogP contribution in [0.2, 0.25) is 0 Å². The molecule has 0 radical (unpaired) electrons. The van der Waals surface area contributed by atoms with Gasteiger partial charge in [0.1, 0.15) is 4.90 Å². The summed E-state index contributed by atoms with van der Waals surface area (Å²) < 4.78 is 47.4. The molecule has 0 spiro atoms. The Kier molecular flexibility index (Phi) is 2.59. The maximum Gasteiger partial charge on any atom is 0.263 e. The van der Waals surface area contributed by atoms with Crippen molar-refractivity contribution in [3.63, 3.8) is 0 Å². The first kappa shape index (κ1) is 11.3. The summed E-state index contributed by atoms with van der Waals surface area (Å²) in [6, 6.07) is 2.00. The number of aromatic nitrogens is 2. The van der Waals surface area contributed by atoms with E-state index in [4.69, 9.17) is 10.7 Å². The number of benzene rings is 1. The van der Waals surface area contributed by atoms with Gasteiger partial charge in [-0.3, -0.25) is 5.10 Å². The second kappa shape index (κ2) is 3.67. The first-order valence-corrected chi connectivity index (χ1v) is 6.40. The van der Waals surface area contributed by atoms with E-state index in [0.29, 0.717) is 0 Å². The van der Waals surface area contributed by atoms with E-state index in [0.717, 1.165) is 12.1 Å². The molecule has 2 aromatic rings. The predicted octanol–water partition coefficient (Wildman–Crippen LogP) is 2.43. The lowest BCUT2D eigenvalue weighted by Crippen LogP contribution is -1.95. The fourth-order valence-electron chi connectivity index (χ4n) is 1.37. The molecular formula is C8H5ClF2N2O2S. The van der Waals surface area contributed by atoms with Gasteiger partial charge in [0.05, 0.1) is 11.7 Å². The highest BCUT2D eigenvalue weighted by molar-refractivity contribution is 8.14. The van der Waals surface area contributed by atoms with Crippen molar-refractivity contribution in [2.75, 3.05) is 0 Å². The molecule has 0 fully saturated rings. The summed E-state index contributed by atoms with van der Waals surface area (Å²) in [6.07, 6.45) is -1.51. The second-order valence-corrected chi connectivity index (χ2v) is 5.63. The minimum absolute atomic E-state index is 0.124. The van der Waals surface area contributed by atoms with Crippen molar-refractivity contribution in [1.82, 2.24) is 10.2 Å². The van der Waals surface area contributed by atoms with Gasteiger partial charge in [0, 0.05) is 21.6 Å². The van der Waals surface area contributed by atoms with Gasteiger partial charge in [0.2, 0.25) is 0 Å². The number of H-pyrrole nitrogens is 1. The van der Waals surface area contributed by atoms with Crippen molar-refractivity contribution in [2.45, 2.75) is 11.3 Å². The Morgan fingerprint density at radius 1 is 1.38 bits per heavy atom. The van der Waals surface area contributed by atoms with Crippen LogP contribution in [0.4, 0.5) is 8.78 Å². The molecule has 0 aliphatic rings. The van der Waals surface area contributed by atoms with E-state index < -0.39 is 21.0 Å². The fourth-order valence-corrected chi connectivity index (χ4v) is 2.41. The van der Waals surface area contributed by atoms with Crippen LogP contribution >= 0.6 is 10.7 Å². The van der Waals surface area contributed by atoms with Gasteiger partial charge in [-0.05, 0) is 12.1 Å². The van der Waals surface area contributed by atoms with Crippen molar-refractivity contribution < 1.29 is 17.2 Å². The molecule has 0 saturated heterocycles. The molecule has 0 amide bonds. The molecule has 0 saturated carbocycles. The number of nitrogens with zero attached hydrogens (tertiary/aromatic N) is 1. The maximum absolute atomic E-state index is 12.5. The third kappa shape index (κ3) is 1.88. The minimum Gasteiger partial charge on any atom is -0.276 e. The number of alkyl halides is 2. The molecule has 86 valence electrons. The molecule has 0 unspecified atom stereocenters. The quantitative estimate of drug-likeness (QED) is 0.849. The smallest absolute Gasteiger partial charge is 0.263 e. The number of hydrogen-bond acceptors (Lipinski definition) is 3. The fraction of sp³-hybridized carbons (Fsp3) is 0.125. The summed E-state index contributed by atoms with van der Waals surface area (Å²) in [5, 5.41) is 6.26. The van der Waals surface area contributed by atoms with Crippen molar-refractivity contribution in [1.29, 1.82) is 0 Å². The molecule has 0 aliphatic heterocycles. The standard InChI is InChI=1S/C8H5ClF2N2O2S/c9-16(14,15)6-2-4(8(10)11)1-5-3-12-13-7(5)6/h1-3,8H,(H,12,13). The van der Waals surface area contributed by atoms with Crippen LogP contribution in [0.25, 0.3) is 10.9 Å². The van der Waals surface area contributed by atoms with E-state index >= 15 is 0 Å². The molecule has 1 N–H and O–H groups in total. The predicted molar refractivity (Wildman–Crippen MR) is 54.1 cm³/mol. The topological polar surface area (TPSA) is 62.8 Å². The molecule has 8 heteroatoms. The number of nitrogens with one attached hydrogen (secondary N) is 1. The number of aromatic amines is 1. The summed E-state index contributed by atoms with van der Waals surface area (Å²) in [5.74, 6) is 0. The molecular weight excluding hydrogens is 262 g/mol. The monoisotopic (exact) mass is 266 g/mol. The van der Waals surface area contributed by atoms with Crippen LogP contribution in [0.15, 0.2) is 23.2 Å². The van der Waals surface area contributed by atoms with E-state index in [2.05, 4.69) is 10.2 Å². The summed E-state index contributed by atoms with van der Waals surface area (Å²) in [4.78, 5) is -0.389. The van der Waals surface area contributed by atoms with Crippen molar-refractivity contribution in [3.05, 3.63) is 23.9 Å². The van der Waals surface area contributed by atoms with Crippen molar-refractivity contribution in [3.8, 4) is 0 Å². The molecule has 1 aromatic carbocycles. The van der Waals surface area contributed by atoms with Gasteiger partial charge in [-0.2, -0.15) is 5.10 Å². The van der Waals surface area contributed by atoms with E-state index in [9.17, 15) is 17.2 Å². The van der Waals surface area contributed by atoms with Crippen LogP contribution in [-0.4, -0.2) is 18.6 Å². The zero-order chi connectivity index (χ0) is 11.9. The van der Waals surface area contributed by atoms with Crippen LogP contribution in [0.3, 0.4) is 0 Å². The SMILES string of the molecule is O=S(=O)(Cl)c1cc(C(F)F)cc2cn[nH]c12. The molecule has 4 nitrogen and oxygen atoms in total. The average molecular weight is 267 g/mol. The zero-order valence-corrected chi connectivity index (χ0v) is 9.19. The van der Waals surface area contributed by atoms with Crippen LogP contribution < -0.4 is 0 Å². The van der Waals surface area contributed by atoms with Gasteiger partial charge < -0.3 is 0 Å². The highest BCUT2D eigenvalue weighted by atomic mass is 35.7. The first-order chi connectivity index (χ1) is 7.39. The molecule has 1 heterocycles. The molecule has 16 heavy (non-hydrogen) atoms. The minimum atomic E-state index is -4.09. The van der Waals surface area contributed by atoms with E-state index in [1.807, 2.05) is 0 Å². The van der Waals surface area contributed by atoms with E-state index in [1.165, 1.54) is 6.20 Å². The van der Waals surface area contributed by atoms with Crippen molar-refractivity contribution >= 4 is 30.6 Å². The Morgan fingerprint density at radius 3 is 2.62 bits per heavy atom. The zero-order valence-electron chi connectivity index (χ0n) is 7.62. The normalized spacial score (nSPS) is 12.5. The molecule has 0 bridgehead atoms. The number of halogens is 3. The average Bonchev–Trinajstić information content (AvgIpc) is 2.61. The third-order valence-electron chi connectivity index (χ3n) is 2.05. The Bertz CT molecular complexity index is 639. The highest BCUT2D eigenvalue weighted by Gasteiger charge is 2.20. The summed E-state index contributed by atoms with van der Waals surface area (Å²) in [6.45, 7) is 0. The van der Waals surface area contributed by atoms with Gasteiger partial charge in [-0.15, -0.1) is 0 Å². The van der Waals surface area contributed by atoms with Crippen LogP contribution in [0.1, 0.15) is 12.0 Å². The Labute approximate surface area is 93.6 Å².